The molecule has 1 heterocycles. The van der Waals surface area contributed by atoms with E-state index in [4.69, 9.17) is 15.2 Å². The third-order valence-electron chi connectivity index (χ3n) is 7.02. The van der Waals surface area contributed by atoms with Gasteiger partial charge in [-0.15, -0.1) is 0 Å². The van der Waals surface area contributed by atoms with Crippen LogP contribution in [-0.2, 0) is 16.1 Å². The fraction of sp³-hybridized carbons (Fsp3) is 0.750. The number of carbonyl (C=O) groups is 1. The second-order valence-electron chi connectivity index (χ2n) is 10.0. The fourth-order valence-electron chi connectivity index (χ4n) is 4.79. The number of nitrogens with two attached hydrogens (primary N) is 1. The van der Waals surface area contributed by atoms with Gasteiger partial charge in [0.15, 0.2) is 0 Å². The summed E-state index contributed by atoms with van der Waals surface area (Å²) >= 11 is 0. The van der Waals surface area contributed by atoms with E-state index in [1.807, 2.05) is 30.3 Å². The highest BCUT2D eigenvalue weighted by molar-refractivity contribution is 5.67. The van der Waals surface area contributed by atoms with Crippen molar-refractivity contribution in [1.82, 2.24) is 5.32 Å². The Balaban J connectivity index is 1.77. The smallest absolute Gasteiger partial charge is 0.407 e. The third-order valence-corrected chi connectivity index (χ3v) is 7.02. The van der Waals surface area contributed by atoms with Crippen LogP contribution in [0.5, 0.6) is 0 Å². The molecular formula is C28H48N2O6. The highest BCUT2D eigenvalue weighted by atomic mass is 16.6. The van der Waals surface area contributed by atoms with Crippen LogP contribution in [0.3, 0.4) is 0 Å². The highest BCUT2D eigenvalue weighted by Gasteiger charge is 2.47. The molecule has 2 rings (SSSR count). The molecule has 6 N–H and O–H groups in total. The number of nitrogens with one attached hydrogen (secondary N) is 1. The van der Waals surface area contributed by atoms with E-state index < -0.39 is 49.2 Å². The topological polar surface area (TPSA) is 134 Å². The van der Waals surface area contributed by atoms with E-state index >= 15 is 0 Å². The Morgan fingerprint density at radius 2 is 1.56 bits per heavy atom. The second kappa shape index (κ2) is 17.7. The molecule has 1 aliphatic heterocycles. The first kappa shape index (κ1) is 30.5. The number of hydrogen-bond acceptors (Lipinski definition) is 7. The van der Waals surface area contributed by atoms with Gasteiger partial charge >= 0.3 is 6.09 Å². The van der Waals surface area contributed by atoms with Crippen molar-refractivity contribution < 1.29 is 29.6 Å². The van der Waals surface area contributed by atoms with Crippen molar-refractivity contribution in [3.63, 3.8) is 0 Å². The number of unbranched alkanes of at least 4 members (excludes halogenated alkanes) is 10. The first-order valence-corrected chi connectivity index (χ1v) is 13.8. The molecule has 6 atom stereocenters. The van der Waals surface area contributed by atoms with E-state index in [1.165, 1.54) is 51.4 Å². The van der Waals surface area contributed by atoms with Crippen LogP contribution in [0.4, 0.5) is 4.79 Å². The number of aliphatic hydroxyl groups is 3. The average molecular weight is 509 g/mol. The molecule has 0 saturated carbocycles. The van der Waals surface area contributed by atoms with E-state index in [9.17, 15) is 20.1 Å². The standard InChI is InChI=1S/C28H48N2O6/c1-2-3-4-5-6-7-8-9-10-11-15-18-22(29)27-24(26(33)25(32)23(19-31)36-27)30-28(34)35-20-21-16-13-12-14-17-21/h12-14,16-17,22-27,31-33H,2-11,15,18-20,29H2,1H3,(H,30,34)/t22?,23-,24-,25-,26-,27+/m1/s1. The van der Waals surface area contributed by atoms with Crippen molar-refractivity contribution in [2.45, 2.75) is 127 Å². The van der Waals surface area contributed by atoms with Gasteiger partial charge < -0.3 is 35.8 Å². The number of hydrogen-bond donors (Lipinski definition) is 5. The Hall–Kier alpha value is -1.71. The summed E-state index contributed by atoms with van der Waals surface area (Å²) in [6.07, 6.45) is 9.06. The Kier molecular flexibility index (Phi) is 15.0. The van der Waals surface area contributed by atoms with Gasteiger partial charge in [0.05, 0.1) is 18.8 Å². The van der Waals surface area contributed by atoms with Crippen LogP contribution in [0.2, 0.25) is 0 Å². The minimum absolute atomic E-state index is 0.0770. The van der Waals surface area contributed by atoms with Crippen LogP contribution in [-0.4, -0.2) is 64.5 Å². The Labute approximate surface area is 216 Å². The highest BCUT2D eigenvalue weighted by Crippen LogP contribution is 2.25. The summed E-state index contributed by atoms with van der Waals surface area (Å²) in [6, 6.07) is 7.84. The van der Waals surface area contributed by atoms with Gasteiger partial charge in [-0.1, -0.05) is 108 Å². The lowest BCUT2D eigenvalue weighted by Gasteiger charge is -2.44. The van der Waals surface area contributed by atoms with Crippen molar-refractivity contribution in [2.24, 2.45) is 5.73 Å². The summed E-state index contributed by atoms with van der Waals surface area (Å²) < 4.78 is 11.1. The molecule has 1 aromatic rings. The minimum atomic E-state index is -1.35. The molecular weight excluding hydrogens is 460 g/mol. The minimum Gasteiger partial charge on any atom is -0.445 e. The van der Waals surface area contributed by atoms with Gasteiger partial charge in [0, 0.05) is 6.04 Å². The first-order valence-electron chi connectivity index (χ1n) is 13.8. The van der Waals surface area contributed by atoms with Crippen molar-refractivity contribution in [3.8, 4) is 0 Å². The van der Waals surface area contributed by atoms with Crippen LogP contribution in [0.15, 0.2) is 30.3 Å². The van der Waals surface area contributed by atoms with E-state index in [0.29, 0.717) is 6.42 Å². The Bertz CT molecular complexity index is 707. The van der Waals surface area contributed by atoms with E-state index in [1.54, 1.807) is 0 Å². The van der Waals surface area contributed by atoms with Gasteiger partial charge in [0.1, 0.15) is 24.9 Å². The maximum atomic E-state index is 12.4. The fourth-order valence-corrected chi connectivity index (χ4v) is 4.79. The van der Waals surface area contributed by atoms with Crippen molar-refractivity contribution in [2.75, 3.05) is 6.61 Å². The van der Waals surface area contributed by atoms with Crippen LogP contribution in [0, 0.1) is 0 Å². The molecule has 0 radical (unpaired) electrons. The molecule has 0 spiro atoms. The molecule has 1 saturated heterocycles. The van der Waals surface area contributed by atoms with Gasteiger partial charge in [0.25, 0.3) is 0 Å². The normalized spacial score (nSPS) is 24.9. The summed E-state index contributed by atoms with van der Waals surface area (Å²) in [7, 11) is 0. The summed E-state index contributed by atoms with van der Waals surface area (Å²) in [5.74, 6) is 0. The van der Waals surface area contributed by atoms with Gasteiger partial charge in [-0.2, -0.15) is 0 Å². The molecule has 1 unspecified atom stereocenters. The summed E-state index contributed by atoms with van der Waals surface area (Å²) in [4.78, 5) is 12.4. The number of aliphatic hydroxyl groups excluding tert-OH is 3. The third kappa shape index (κ3) is 10.7. The number of ether oxygens (including phenoxy) is 2. The number of alkyl carbamates (subject to hydrolysis) is 1. The predicted octanol–water partition coefficient (Wildman–Crippen LogP) is 3.79. The maximum absolute atomic E-state index is 12.4. The van der Waals surface area contributed by atoms with Crippen LogP contribution < -0.4 is 11.1 Å². The predicted molar refractivity (Wildman–Crippen MR) is 140 cm³/mol. The molecule has 1 aliphatic rings. The molecule has 8 nitrogen and oxygen atoms in total. The molecule has 0 aliphatic carbocycles. The SMILES string of the molecule is CCCCCCCCCCCCCC(N)[C@@H]1O[C@H](CO)[C@@H](O)[C@H](O)[C@H]1NC(=O)OCc1ccccc1. The van der Waals surface area contributed by atoms with Crippen molar-refractivity contribution >= 4 is 6.09 Å². The molecule has 1 aromatic carbocycles. The summed E-state index contributed by atoms with van der Waals surface area (Å²) in [5, 5.41) is 33.2. The number of rotatable bonds is 17. The molecule has 1 fully saturated rings. The largest absolute Gasteiger partial charge is 0.445 e. The Morgan fingerprint density at radius 3 is 2.14 bits per heavy atom. The van der Waals surface area contributed by atoms with Crippen molar-refractivity contribution in [3.05, 3.63) is 35.9 Å². The molecule has 8 heteroatoms. The second-order valence-corrected chi connectivity index (χ2v) is 10.0. The molecule has 1 amide bonds. The number of amides is 1. The first-order chi connectivity index (χ1) is 17.5. The average Bonchev–Trinajstić information content (AvgIpc) is 2.89. The zero-order chi connectivity index (χ0) is 26.2. The van der Waals surface area contributed by atoms with Crippen LogP contribution in [0.1, 0.15) is 89.5 Å². The van der Waals surface area contributed by atoms with Crippen LogP contribution >= 0.6 is 0 Å². The zero-order valence-corrected chi connectivity index (χ0v) is 21.9. The summed E-state index contributed by atoms with van der Waals surface area (Å²) in [5.41, 5.74) is 7.26. The van der Waals surface area contributed by atoms with Gasteiger partial charge in [0.2, 0.25) is 0 Å². The molecule has 36 heavy (non-hydrogen) atoms. The molecule has 206 valence electrons. The van der Waals surface area contributed by atoms with E-state index in [0.717, 1.165) is 24.8 Å². The van der Waals surface area contributed by atoms with Gasteiger partial charge in [-0.3, -0.25) is 0 Å². The van der Waals surface area contributed by atoms with Gasteiger partial charge in [-0.25, -0.2) is 4.79 Å². The lowest BCUT2D eigenvalue weighted by Crippen LogP contribution is -2.67. The van der Waals surface area contributed by atoms with Crippen molar-refractivity contribution in [1.29, 1.82) is 0 Å². The maximum Gasteiger partial charge on any atom is 0.407 e. The quantitative estimate of drug-likeness (QED) is 0.202. The summed E-state index contributed by atoms with van der Waals surface area (Å²) in [6.45, 7) is 1.86. The molecule has 0 aromatic heterocycles. The number of carbonyl (C=O) groups excluding carboxylic acids is 1. The number of benzene rings is 1. The van der Waals surface area contributed by atoms with E-state index in [2.05, 4.69) is 12.2 Å². The van der Waals surface area contributed by atoms with Gasteiger partial charge in [-0.05, 0) is 12.0 Å². The Morgan fingerprint density at radius 1 is 0.972 bits per heavy atom. The molecule has 0 bridgehead atoms. The zero-order valence-electron chi connectivity index (χ0n) is 21.9. The monoisotopic (exact) mass is 508 g/mol. The van der Waals surface area contributed by atoms with Crippen LogP contribution in [0.25, 0.3) is 0 Å². The lowest BCUT2D eigenvalue weighted by molar-refractivity contribution is -0.198. The lowest BCUT2D eigenvalue weighted by atomic mass is 9.87. The van der Waals surface area contributed by atoms with E-state index in [-0.39, 0.29) is 6.61 Å².